The van der Waals surface area contributed by atoms with Crippen LogP contribution >= 0.6 is 0 Å². The van der Waals surface area contributed by atoms with Crippen LogP contribution in [0.1, 0.15) is 30.4 Å². The van der Waals surface area contributed by atoms with E-state index in [9.17, 15) is 4.79 Å². The van der Waals surface area contributed by atoms with Crippen molar-refractivity contribution in [3.8, 4) is 11.5 Å². The monoisotopic (exact) mass is 400 g/mol. The average molecular weight is 400 g/mol. The van der Waals surface area contributed by atoms with Crippen molar-refractivity contribution in [2.45, 2.75) is 25.8 Å². The molecule has 2 heterocycles. The van der Waals surface area contributed by atoms with E-state index in [0.717, 1.165) is 23.4 Å². The normalized spacial score (nSPS) is 15.8. The third-order valence-corrected chi connectivity index (χ3v) is 6.11. The van der Waals surface area contributed by atoms with E-state index in [4.69, 9.17) is 9.47 Å². The fraction of sp³-hybridized carbons (Fsp3) is 0.240. The number of aryl methyl sites for hydroxylation is 1. The lowest BCUT2D eigenvalue weighted by Gasteiger charge is -2.27. The van der Waals surface area contributed by atoms with Gasteiger partial charge in [0.15, 0.2) is 11.5 Å². The number of fused-ring (bicyclic) bond motifs is 4. The van der Waals surface area contributed by atoms with Gasteiger partial charge in [-0.1, -0.05) is 24.3 Å². The molecule has 30 heavy (non-hydrogen) atoms. The number of amides is 1. The molecular formula is C25H24N2O3. The molecular weight excluding hydrogens is 376 g/mol. The van der Waals surface area contributed by atoms with E-state index in [2.05, 4.69) is 59.3 Å². The first-order valence-electron chi connectivity index (χ1n) is 10.2. The molecule has 1 aliphatic rings. The van der Waals surface area contributed by atoms with Crippen LogP contribution in [0.2, 0.25) is 0 Å². The summed E-state index contributed by atoms with van der Waals surface area (Å²) in [5, 5.41) is 5.45. The van der Waals surface area contributed by atoms with Gasteiger partial charge in [0.25, 0.3) is 0 Å². The number of hydrogen-bond donors (Lipinski definition) is 1. The van der Waals surface area contributed by atoms with Crippen LogP contribution < -0.4 is 14.8 Å². The molecule has 0 saturated heterocycles. The van der Waals surface area contributed by atoms with Crippen LogP contribution in [0.4, 0.5) is 5.69 Å². The minimum absolute atomic E-state index is 0.0100. The van der Waals surface area contributed by atoms with Crippen molar-refractivity contribution in [2.24, 2.45) is 0 Å². The van der Waals surface area contributed by atoms with Gasteiger partial charge in [0.05, 0.1) is 14.2 Å². The molecule has 4 aromatic rings. The number of carbonyl (C=O) groups excluding carboxylic acids is 1. The van der Waals surface area contributed by atoms with E-state index in [1.54, 1.807) is 14.2 Å². The number of rotatable bonds is 4. The standard InChI is InChI=1S/C25H24N2O3/c1-4-27-21-8-6-5-7-16(21)19-11-15(9-10-22(19)27)17-13-25(28)26-20-14-24(30-3)23(29-2)12-18(17)20/h5-12,14,17H,4,13H2,1-3H3,(H,26,28). The smallest absolute Gasteiger partial charge is 0.225 e. The van der Waals surface area contributed by atoms with E-state index in [0.29, 0.717) is 17.9 Å². The zero-order valence-electron chi connectivity index (χ0n) is 17.4. The maximum atomic E-state index is 12.5. The van der Waals surface area contributed by atoms with Crippen LogP contribution in [0.3, 0.4) is 0 Å². The quantitative estimate of drug-likeness (QED) is 0.505. The Hall–Kier alpha value is -3.47. The molecule has 0 spiro atoms. The summed E-state index contributed by atoms with van der Waals surface area (Å²) in [7, 11) is 3.23. The number of aromatic nitrogens is 1. The largest absolute Gasteiger partial charge is 0.493 e. The van der Waals surface area contributed by atoms with E-state index in [-0.39, 0.29) is 11.8 Å². The number of nitrogens with zero attached hydrogens (tertiary/aromatic N) is 1. The number of nitrogens with one attached hydrogen (secondary N) is 1. The molecule has 0 radical (unpaired) electrons. The molecule has 0 aliphatic carbocycles. The number of ether oxygens (including phenoxy) is 2. The van der Waals surface area contributed by atoms with Gasteiger partial charge >= 0.3 is 0 Å². The highest BCUT2D eigenvalue weighted by Crippen LogP contribution is 2.44. The van der Waals surface area contributed by atoms with Crippen LogP contribution in [0.15, 0.2) is 54.6 Å². The first-order valence-corrected chi connectivity index (χ1v) is 10.2. The van der Waals surface area contributed by atoms with Crippen LogP contribution in [0, 0.1) is 0 Å². The lowest BCUT2D eigenvalue weighted by Crippen LogP contribution is -2.23. The second kappa shape index (κ2) is 7.10. The highest BCUT2D eigenvalue weighted by Gasteiger charge is 2.29. The van der Waals surface area contributed by atoms with Gasteiger partial charge < -0.3 is 19.4 Å². The van der Waals surface area contributed by atoms with Gasteiger partial charge in [-0.05, 0) is 42.3 Å². The number of anilines is 1. The Balaban J connectivity index is 1.71. The summed E-state index contributed by atoms with van der Waals surface area (Å²) < 4.78 is 13.3. The summed E-state index contributed by atoms with van der Waals surface area (Å²) in [6.07, 6.45) is 0.403. The minimum atomic E-state index is -0.0401. The SMILES string of the molecule is CCn1c2ccccc2c2cc(C3CC(=O)Nc4cc(OC)c(OC)cc43)ccc21. The summed E-state index contributed by atoms with van der Waals surface area (Å²) in [6.45, 7) is 3.08. The third-order valence-electron chi connectivity index (χ3n) is 6.11. The predicted molar refractivity (Wildman–Crippen MR) is 120 cm³/mol. The fourth-order valence-corrected chi connectivity index (χ4v) is 4.71. The maximum absolute atomic E-state index is 12.5. The first kappa shape index (κ1) is 18.6. The van der Waals surface area contributed by atoms with Crippen molar-refractivity contribution >= 4 is 33.4 Å². The highest BCUT2D eigenvalue weighted by molar-refractivity contribution is 6.08. The molecule has 1 aromatic heterocycles. The fourth-order valence-electron chi connectivity index (χ4n) is 4.71. The Kier molecular flexibility index (Phi) is 4.39. The van der Waals surface area contributed by atoms with E-state index < -0.39 is 0 Å². The van der Waals surface area contributed by atoms with Gasteiger partial charge in [0.2, 0.25) is 5.91 Å². The van der Waals surface area contributed by atoms with Crippen LogP contribution in [0.25, 0.3) is 21.8 Å². The van der Waals surface area contributed by atoms with Crippen LogP contribution in [0.5, 0.6) is 11.5 Å². The molecule has 0 bridgehead atoms. The van der Waals surface area contributed by atoms with Crippen molar-refractivity contribution in [3.05, 3.63) is 65.7 Å². The van der Waals surface area contributed by atoms with Crippen LogP contribution in [-0.4, -0.2) is 24.7 Å². The van der Waals surface area contributed by atoms with Crippen molar-refractivity contribution < 1.29 is 14.3 Å². The van der Waals surface area contributed by atoms with Gasteiger partial charge in [0, 0.05) is 52.4 Å². The highest BCUT2D eigenvalue weighted by atomic mass is 16.5. The van der Waals surface area contributed by atoms with Crippen LogP contribution in [-0.2, 0) is 11.3 Å². The van der Waals surface area contributed by atoms with Gasteiger partial charge in [0.1, 0.15) is 0 Å². The topological polar surface area (TPSA) is 52.5 Å². The molecule has 1 N–H and O–H groups in total. The summed E-state index contributed by atoms with van der Waals surface area (Å²) in [5.41, 5.74) is 5.41. The van der Waals surface area contributed by atoms with Crippen molar-refractivity contribution in [1.82, 2.24) is 4.57 Å². The number of para-hydroxylation sites is 1. The van der Waals surface area contributed by atoms with E-state index in [1.165, 1.54) is 21.8 Å². The lowest BCUT2D eigenvalue weighted by molar-refractivity contribution is -0.116. The molecule has 152 valence electrons. The molecule has 1 amide bonds. The molecule has 1 unspecified atom stereocenters. The Labute approximate surface area is 175 Å². The zero-order valence-corrected chi connectivity index (χ0v) is 17.4. The minimum Gasteiger partial charge on any atom is -0.493 e. The summed E-state index contributed by atoms with van der Waals surface area (Å²) >= 11 is 0. The van der Waals surface area contributed by atoms with E-state index in [1.807, 2.05) is 12.1 Å². The van der Waals surface area contributed by atoms with E-state index >= 15 is 0 Å². The van der Waals surface area contributed by atoms with Gasteiger partial charge in [-0.3, -0.25) is 4.79 Å². The first-order chi connectivity index (χ1) is 14.6. The molecule has 0 fully saturated rings. The zero-order chi connectivity index (χ0) is 20.8. The number of benzene rings is 3. The number of methoxy groups -OCH3 is 2. The van der Waals surface area contributed by atoms with Gasteiger partial charge in [-0.2, -0.15) is 0 Å². The maximum Gasteiger partial charge on any atom is 0.225 e. The van der Waals surface area contributed by atoms with Crippen molar-refractivity contribution in [2.75, 3.05) is 19.5 Å². The summed E-state index contributed by atoms with van der Waals surface area (Å²) in [5.74, 6) is 1.25. The summed E-state index contributed by atoms with van der Waals surface area (Å²) in [4.78, 5) is 12.5. The Morgan fingerprint density at radius 1 is 0.967 bits per heavy atom. The Morgan fingerprint density at radius 2 is 1.70 bits per heavy atom. The van der Waals surface area contributed by atoms with Crippen molar-refractivity contribution in [1.29, 1.82) is 0 Å². The molecule has 1 atom stereocenters. The van der Waals surface area contributed by atoms with Gasteiger partial charge in [-0.25, -0.2) is 0 Å². The lowest BCUT2D eigenvalue weighted by atomic mass is 9.84. The Bertz CT molecular complexity index is 1290. The predicted octanol–water partition coefficient (Wildman–Crippen LogP) is 5.31. The average Bonchev–Trinajstić information content (AvgIpc) is 3.10. The van der Waals surface area contributed by atoms with Crippen molar-refractivity contribution in [3.63, 3.8) is 0 Å². The Morgan fingerprint density at radius 3 is 2.47 bits per heavy atom. The summed E-state index contributed by atoms with van der Waals surface area (Å²) in [6, 6.07) is 18.9. The second-order valence-corrected chi connectivity index (χ2v) is 7.64. The molecule has 5 rings (SSSR count). The number of carbonyl (C=O) groups is 1. The van der Waals surface area contributed by atoms with Gasteiger partial charge in [-0.15, -0.1) is 0 Å². The molecule has 1 aliphatic heterocycles. The molecule has 5 nitrogen and oxygen atoms in total. The molecule has 3 aromatic carbocycles. The third kappa shape index (κ3) is 2.73. The second-order valence-electron chi connectivity index (χ2n) is 7.64. The molecule has 0 saturated carbocycles. The molecule has 5 heteroatoms. The number of hydrogen-bond acceptors (Lipinski definition) is 3.